The highest BCUT2D eigenvalue weighted by Gasteiger charge is 2.33. The Labute approximate surface area is 226 Å². The zero-order valence-electron chi connectivity index (χ0n) is 21.0. The first kappa shape index (κ1) is 26.9. The Kier molecular flexibility index (Phi) is 9.05. The quantitative estimate of drug-likeness (QED) is 0.329. The maximum absolute atomic E-state index is 13.7. The summed E-state index contributed by atoms with van der Waals surface area (Å²) in [6, 6.07) is 14.2. The summed E-state index contributed by atoms with van der Waals surface area (Å²) in [7, 11) is 0. The molecule has 0 saturated carbocycles. The molecule has 1 aromatic heterocycles. The standard InChI is InChI=1S/C28H31ClFN3O3S/c1-3-19(2)16-32(28(35)31-22-6-4-5-20(29)15-22)17-27(34)33-13-11-26-24(12-14-37-26)25(33)18-36-23-9-7-21(30)8-10-23/h4-10,12,14-15,19,25H,3,11,13,16-18H2,1-2H3,(H,31,35). The molecule has 1 aliphatic heterocycles. The third-order valence-corrected chi connectivity index (χ3v) is 7.79. The topological polar surface area (TPSA) is 61.9 Å². The van der Waals surface area contributed by atoms with Gasteiger partial charge in [0.25, 0.3) is 0 Å². The molecule has 3 aromatic rings. The zero-order valence-corrected chi connectivity index (χ0v) is 22.5. The molecular formula is C28H31ClFN3O3S. The van der Waals surface area contributed by atoms with Crippen molar-refractivity contribution in [3.05, 3.63) is 81.3 Å². The van der Waals surface area contributed by atoms with Crippen molar-refractivity contribution in [1.82, 2.24) is 9.80 Å². The summed E-state index contributed by atoms with van der Waals surface area (Å²) in [5.74, 6) is 0.282. The van der Waals surface area contributed by atoms with Crippen LogP contribution in [0.15, 0.2) is 60.0 Å². The summed E-state index contributed by atoms with van der Waals surface area (Å²) in [6.45, 7) is 5.29. The molecule has 37 heavy (non-hydrogen) atoms. The van der Waals surface area contributed by atoms with Gasteiger partial charge in [-0.3, -0.25) is 4.79 Å². The van der Waals surface area contributed by atoms with E-state index < -0.39 is 0 Å². The summed E-state index contributed by atoms with van der Waals surface area (Å²) in [4.78, 5) is 31.5. The number of hydrogen-bond donors (Lipinski definition) is 1. The van der Waals surface area contributed by atoms with Gasteiger partial charge >= 0.3 is 6.03 Å². The third-order valence-electron chi connectivity index (χ3n) is 6.55. The molecule has 1 N–H and O–H groups in total. The highest BCUT2D eigenvalue weighted by Crippen LogP contribution is 2.34. The number of urea groups is 1. The monoisotopic (exact) mass is 543 g/mol. The molecule has 4 rings (SSSR count). The molecule has 0 aliphatic carbocycles. The lowest BCUT2D eigenvalue weighted by Gasteiger charge is -2.37. The molecule has 2 unspecified atom stereocenters. The second-order valence-corrected chi connectivity index (χ2v) is 10.7. The number of halogens is 2. The molecule has 9 heteroatoms. The van der Waals surface area contributed by atoms with Gasteiger partial charge in [-0.05, 0) is 71.8 Å². The Morgan fingerprint density at radius 3 is 2.76 bits per heavy atom. The van der Waals surface area contributed by atoms with Gasteiger partial charge in [0.2, 0.25) is 5.91 Å². The number of thiophene rings is 1. The number of nitrogens with zero attached hydrogens (tertiary/aromatic N) is 2. The van der Waals surface area contributed by atoms with Gasteiger partial charge in [-0.2, -0.15) is 0 Å². The lowest BCUT2D eigenvalue weighted by atomic mass is 10.00. The van der Waals surface area contributed by atoms with Crippen LogP contribution in [0.5, 0.6) is 5.75 Å². The van der Waals surface area contributed by atoms with E-state index in [0.717, 1.165) is 18.4 Å². The molecule has 2 heterocycles. The predicted molar refractivity (Wildman–Crippen MR) is 146 cm³/mol. The van der Waals surface area contributed by atoms with Crippen LogP contribution in [0.4, 0.5) is 14.9 Å². The first-order valence-corrected chi connectivity index (χ1v) is 13.7. The lowest BCUT2D eigenvalue weighted by molar-refractivity contribution is -0.135. The second-order valence-electron chi connectivity index (χ2n) is 9.25. The van der Waals surface area contributed by atoms with Crippen molar-refractivity contribution >= 4 is 40.6 Å². The maximum atomic E-state index is 13.7. The van der Waals surface area contributed by atoms with Crippen molar-refractivity contribution in [2.45, 2.75) is 32.7 Å². The number of anilines is 1. The van der Waals surface area contributed by atoms with Gasteiger partial charge in [-0.15, -0.1) is 11.3 Å². The van der Waals surface area contributed by atoms with Crippen LogP contribution in [0.1, 0.15) is 36.8 Å². The van der Waals surface area contributed by atoms with Gasteiger partial charge < -0.3 is 19.9 Å². The molecule has 196 valence electrons. The van der Waals surface area contributed by atoms with E-state index in [0.29, 0.717) is 29.5 Å². The van der Waals surface area contributed by atoms with Crippen LogP contribution in [-0.2, 0) is 11.2 Å². The number of carbonyl (C=O) groups is 2. The summed E-state index contributed by atoms with van der Waals surface area (Å²) in [5.41, 5.74) is 1.63. The zero-order chi connectivity index (χ0) is 26.4. The Hall–Kier alpha value is -3.10. The van der Waals surface area contributed by atoms with Crippen LogP contribution >= 0.6 is 22.9 Å². The number of ether oxygens (including phenoxy) is 1. The van der Waals surface area contributed by atoms with Crippen LogP contribution in [0.3, 0.4) is 0 Å². The molecule has 1 aliphatic rings. The molecular weight excluding hydrogens is 513 g/mol. The van der Waals surface area contributed by atoms with Crippen LogP contribution in [-0.4, -0.2) is 48.0 Å². The minimum atomic E-state index is -0.344. The largest absolute Gasteiger partial charge is 0.491 e. The Morgan fingerprint density at radius 2 is 2.03 bits per heavy atom. The molecule has 0 radical (unpaired) electrons. The summed E-state index contributed by atoms with van der Waals surface area (Å²) in [6.07, 6.45) is 1.64. The molecule has 3 amide bonds. The number of carbonyl (C=O) groups excluding carboxylic acids is 2. The highest BCUT2D eigenvalue weighted by atomic mass is 35.5. The molecule has 6 nitrogen and oxygen atoms in total. The number of rotatable bonds is 9. The fourth-order valence-electron chi connectivity index (χ4n) is 4.33. The molecule has 2 aromatic carbocycles. The average molecular weight is 544 g/mol. The SMILES string of the molecule is CCC(C)CN(CC(=O)N1CCc2sccc2C1COc1ccc(F)cc1)C(=O)Nc1cccc(Cl)c1. The number of benzene rings is 2. The molecule has 0 fully saturated rings. The Balaban J connectivity index is 1.50. The summed E-state index contributed by atoms with van der Waals surface area (Å²) in [5, 5.41) is 5.42. The van der Waals surface area contributed by atoms with Crippen molar-refractivity contribution in [1.29, 1.82) is 0 Å². The van der Waals surface area contributed by atoms with Gasteiger partial charge in [0.15, 0.2) is 0 Å². The van der Waals surface area contributed by atoms with Gasteiger partial charge in [0.1, 0.15) is 24.7 Å². The minimum Gasteiger partial charge on any atom is -0.491 e. The minimum absolute atomic E-state index is 0.0523. The van der Waals surface area contributed by atoms with Gasteiger partial charge in [0.05, 0.1) is 6.04 Å². The molecule has 0 saturated heterocycles. The Morgan fingerprint density at radius 1 is 1.24 bits per heavy atom. The first-order chi connectivity index (χ1) is 17.8. The van der Waals surface area contributed by atoms with E-state index in [4.69, 9.17) is 16.3 Å². The second kappa shape index (κ2) is 12.4. The van der Waals surface area contributed by atoms with Crippen molar-refractivity contribution < 1.29 is 18.7 Å². The van der Waals surface area contributed by atoms with Crippen molar-refractivity contribution in [3.63, 3.8) is 0 Å². The molecule has 2 atom stereocenters. The van der Waals surface area contributed by atoms with E-state index in [1.165, 1.54) is 17.0 Å². The van der Waals surface area contributed by atoms with Crippen molar-refractivity contribution in [2.24, 2.45) is 5.92 Å². The van der Waals surface area contributed by atoms with Crippen LogP contribution < -0.4 is 10.1 Å². The van der Waals surface area contributed by atoms with Crippen molar-refractivity contribution in [2.75, 3.05) is 31.6 Å². The summed E-state index contributed by atoms with van der Waals surface area (Å²) < 4.78 is 19.3. The summed E-state index contributed by atoms with van der Waals surface area (Å²) >= 11 is 7.75. The highest BCUT2D eigenvalue weighted by molar-refractivity contribution is 7.10. The molecule has 0 bridgehead atoms. The maximum Gasteiger partial charge on any atom is 0.322 e. The van der Waals surface area contributed by atoms with Gasteiger partial charge in [0, 0.05) is 28.7 Å². The number of amides is 3. The van der Waals surface area contributed by atoms with Crippen molar-refractivity contribution in [3.8, 4) is 5.75 Å². The van der Waals surface area contributed by atoms with E-state index in [9.17, 15) is 14.0 Å². The average Bonchev–Trinajstić information content (AvgIpc) is 3.37. The van der Waals surface area contributed by atoms with E-state index in [1.54, 1.807) is 57.5 Å². The van der Waals surface area contributed by atoms with Crippen LogP contribution in [0.25, 0.3) is 0 Å². The Bertz CT molecular complexity index is 1220. The fourth-order valence-corrected chi connectivity index (χ4v) is 5.45. The fraction of sp³-hybridized carbons (Fsp3) is 0.357. The van der Waals surface area contributed by atoms with E-state index in [-0.39, 0.29) is 42.9 Å². The third kappa shape index (κ3) is 7.02. The first-order valence-electron chi connectivity index (χ1n) is 12.4. The molecule has 0 spiro atoms. The van der Waals surface area contributed by atoms with Gasteiger partial charge in [-0.1, -0.05) is 37.9 Å². The number of fused-ring (bicyclic) bond motifs is 1. The number of nitrogens with one attached hydrogen (secondary N) is 1. The van der Waals surface area contributed by atoms with E-state index >= 15 is 0 Å². The van der Waals surface area contributed by atoms with Crippen LogP contribution in [0, 0.1) is 11.7 Å². The lowest BCUT2D eigenvalue weighted by Crippen LogP contribution is -2.49. The normalized spacial score (nSPS) is 15.6. The number of hydrogen-bond acceptors (Lipinski definition) is 4. The van der Waals surface area contributed by atoms with E-state index in [1.807, 2.05) is 11.4 Å². The predicted octanol–water partition coefficient (Wildman–Crippen LogP) is 6.63. The van der Waals surface area contributed by atoms with Crippen LogP contribution in [0.2, 0.25) is 5.02 Å². The van der Waals surface area contributed by atoms with Gasteiger partial charge in [-0.25, -0.2) is 9.18 Å². The smallest absolute Gasteiger partial charge is 0.322 e. The van der Waals surface area contributed by atoms with E-state index in [2.05, 4.69) is 19.2 Å².